The first-order valence-electron chi connectivity index (χ1n) is 14.9. The number of fused-ring (bicyclic) bond motifs is 5. The molecule has 190 valence electrons. The lowest BCUT2D eigenvalue weighted by molar-refractivity contribution is 0.487. The Hall–Kier alpha value is -5.40. The van der Waals surface area contributed by atoms with Crippen LogP contribution in [-0.4, -0.2) is 0 Å². The highest BCUT2D eigenvalue weighted by Gasteiger charge is 2.22. The molecule has 8 aromatic rings. The van der Waals surface area contributed by atoms with Crippen LogP contribution < -0.4 is 4.74 Å². The van der Waals surface area contributed by atoms with Gasteiger partial charge in [0.15, 0.2) is 0 Å². The number of rotatable bonds is 2. The molecule has 0 fully saturated rings. The number of benzene rings is 8. The van der Waals surface area contributed by atoms with Crippen molar-refractivity contribution in [3.63, 3.8) is 0 Å². The third-order valence-corrected chi connectivity index (χ3v) is 8.49. The van der Waals surface area contributed by atoms with E-state index >= 15 is 0 Å². The summed E-state index contributed by atoms with van der Waals surface area (Å²) in [5.74, 6) is 1.72. The highest BCUT2D eigenvalue weighted by molar-refractivity contribution is 6.22. The van der Waals surface area contributed by atoms with Crippen molar-refractivity contribution in [3.05, 3.63) is 146 Å². The summed E-state index contributed by atoms with van der Waals surface area (Å²) in [5, 5.41) is 8.84. The van der Waals surface area contributed by atoms with E-state index in [1.807, 2.05) is 36.4 Å². The van der Waals surface area contributed by atoms with Gasteiger partial charge in [-0.1, -0.05) is 121 Å². The van der Waals surface area contributed by atoms with E-state index in [2.05, 4.69) is 97.1 Å². The van der Waals surface area contributed by atoms with E-state index in [-0.39, 0.29) is 0 Å². The average molecular weight is 523 g/mol. The quantitative estimate of drug-likeness (QED) is 0.205. The van der Waals surface area contributed by atoms with Gasteiger partial charge < -0.3 is 4.74 Å². The molecule has 1 heteroatoms. The van der Waals surface area contributed by atoms with Crippen LogP contribution in [0, 0.1) is 0 Å². The molecule has 1 aliphatic heterocycles. The molecule has 0 bridgehead atoms. The van der Waals surface area contributed by atoms with Gasteiger partial charge in [-0.25, -0.2) is 0 Å². The predicted octanol–water partition coefficient (Wildman–Crippen LogP) is 11.4. The minimum absolute atomic E-state index is 0.467. The molecular formula is C40H24O. The van der Waals surface area contributed by atoms with Gasteiger partial charge in [0.05, 0.1) is 2.74 Å². The molecule has 8 aromatic carbocycles. The van der Waals surface area contributed by atoms with E-state index in [1.54, 1.807) is 0 Å². The molecule has 0 atom stereocenters. The van der Waals surface area contributed by atoms with E-state index in [4.69, 9.17) is 7.48 Å². The van der Waals surface area contributed by atoms with Crippen LogP contribution in [0.25, 0.3) is 76.5 Å². The van der Waals surface area contributed by atoms with Gasteiger partial charge in [-0.05, 0) is 89.8 Å². The summed E-state index contributed by atoms with van der Waals surface area (Å²) < 4.78 is 23.6. The van der Waals surface area contributed by atoms with Gasteiger partial charge in [0, 0.05) is 10.9 Å². The summed E-state index contributed by atoms with van der Waals surface area (Å²) in [6, 6.07) is 46.8. The summed E-state index contributed by atoms with van der Waals surface area (Å²) in [4.78, 5) is 0. The Morgan fingerprint density at radius 1 is 0.415 bits per heavy atom. The predicted molar refractivity (Wildman–Crippen MR) is 173 cm³/mol. The Morgan fingerprint density at radius 2 is 1.05 bits per heavy atom. The van der Waals surface area contributed by atoms with Crippen LogP contribution in [0.2, 0.25) is 0 Å². The van der Waals surface area contributed by atoms with Crippen molar-refractivity contribution in [2.24, 2.45) is 0 Å². The van der Waals surface area contributed by atoms with E-state index in [0.717, 1.165) is 77.2 Å². The van der Waals surface area contributed by atoms with E-state index < -0.39 is 0 Å². The molecule has 1 aliphatic rings. The Balaban J connectivity index is 1.37. The lowest BCUT2D eigenvalue weighted by Crippen LogP contribution is -1.97. The Kier molecular flexibility index (Phi) is 4.27. The van der Waals surface area contributed by atoms with Crippen LogP contribution >= 0.6 is 0 Å². The monoisotopic (exact) mass is 522 g/mol. The van der Waals surface area contributed by atoms with Crippen molar-refractivity contribution >= 4 is 43.1 Å². The zero-order chi connectivity index (χ0) is 28.7. The number of hydrogen-bond acceptors (Lipinski definition) is 1. The fraction of sp³-hybridized carbons (Fsp3) is 0. The second-order valence-electron chi connectivity index (χ2n) is 10.7. The second-order valence-corrected chi connectivity index (χ2v) is 10.7. The maximum absolute atomic E-state index is 8.62. The zero-order valence-corrected chi connectivity index (χ0v) is 22.1. The van der Waals surface area contributed by atoms with Crippen LogP contribution in [0.1, 0.15) is 2.74 Å². The van der Waals surface area contributed by atoms with E-state index in [9.17, 15) is 0 Å². The van der Waals surface area contributed by atoms with Gasteiger partial charge in [-0.3, -0.25) is 0 Å². The Bertz CT molecular complexity index is 2450. The topological polar surface area (TPSA) is 9.23 Å². The highest BCUT2D eigenvalue weighted by Crippen LogP contribution is 2.49. The molecule has 0 saturated heterocycles. The molecule has 0 spiro atoms. The average Bonchev–Trinajstić information content (AvgIpc) is 3.03. The lowest BCUT2D eigenvalue weighted by atomic mass is 9.84. The Labute approximate surface area is 240 Å². The molecule has 9 rings (SSSR count). The summed E-state index contributed by atoms with van der Waals surface area (Å²) in [6.45, 7) is 0. The van der Waals surface area contributed by atoms with E-state index in [1.165, 1.54) is 10.8 Å². The Morgan fingerprint density at radius 3 is 1.83 bits per heavy atom. The minimum atomic E-state index is 0.467. The number of ether oxygens (including phenoxy) is 1. The maximum atomic E-state index is 8.62. The molecule has 41 heavy (non-hydrogen) atoms. The number of hydrogen-bond donors (Lipinski definition) is 0. The first-order chi connectivity index (χ1) is 21.1. The summed E-state index contributed by atoms with van der Waals surface area (Å²) in [7, 11) is 0. The van der Waals surface area contributed by atoms with Crippen molar-refractivity contribution in [1.82, 2.24) is 0 Å². The molecule has 0 saturated carbocycles. The zero-order valence-electron chi connectivity index (χ0n) is 24.1. The van der Waals surface area contributed by atoms with Crippen molar-refractivity contribution in [3.8, 4) is 44.9 Å². The van der Waals surface area contributed by atoms with Crippen LogP contribution in [-0.2, 0) is 0 Å². The third-order valence-electron chi connectivity index (χ3n) is 8.49. The minimum Gasteiger partial charge on any atom is -0.456 e. The lowest BCUT2D eigenvalue weighted by Gasteiger charge is -2.23. The fourth-order valence-electron chi connectivity index (χ4n) is 6.69. The smallest absolute Gasteiger partial charge is 0.135 e. The summed E-state index contributed by atoms with van der Waals surface area (Å²) >= 11 is 0. The van der Waals surface area contributed by atoms with Crippen molar-refractivity contribution < 1.29 is 7.48 Å². The molecule has 1 nitrogen and oxygen atoms in total. The van der Waals surface area contributed by atoms with Gasteiger partial charge in [0.2, 0.25) is 0 Å². The fourth-order valence-corrected chi connectivity index (χ4v) is 6.69. The standard InChI is InChI=1S/C40H24O/c1-2-10-27-23-28(20-19-25(27)9-1)38-30-13-3-5-15-32(30)39(33-16-6-4-14-31(33)38)29-21-22-36-35(24-29)34-17-7-11-26-12-8-18-37(41-36)40(26)34/h1-24H/i3D,6D. The van der Waals surface area contributed by atoms with Gasteiger partial charge >= 0.3 is 0 Å². The SMILES string of the molecule is [2H]c1ccc2c(-c3ccc4ccccc4c3)c3cc([2H])ccc3c(-c3ccc4c(c3)-c3cccc5cccc(c35)O4)c2c1. The summed E-state index contributed by atoms with van der Waals surface area (Å²) in [5.41, 5.74) is 6.53. The van der Waals surface area contributed by atoms with Crippen LogP contribution in [0.5, 0.6) is 11.5 Å². The molecule has 1 heterocycles. The van der Waals surface area contributed by atoms with Gasteiger partial charge in [0.1, 0.15) is 11.5 Å². The molecule has 0 radical (unpaired) electrons. The molecule has 0 aliphatic carbocycles. The largest absolute Gasteiger partial charge is 0.456 e. The van der Waals surface area contributed by atoms with E-state index in [0.29, 0.717) is 12.1 Å². The molecule has 0 amide bonds. The molecule has 0 N–H and O–H groups in total. The van der Waals surface area contributed by atoms with Crippen molar-refractivity contribution in [2.45, 2.75) is 0 Å². The van der Waals surface area contributed by atoms with Gasteiger partial charge in [-0.15, -0.1) is 0 Å². The summed E-state index contributed by atoms with van der Waals surface area (Å²) in [6.07, 6.45) is 0. The second kappa shape index (κ2) is 8.55. The van der Waals surface area contributed by atoms with Crippen LogP contribution in [0.15, 0.2) is 146 Å². The molecule has 0 aromatic heterocycles. The van der Waals surface area contributed by atoms with Crippen LogP contribution in [0.4, 0.5) is 0 Å². The normalized spacial score (nSPS) is 12.8. The molecular weight excluding hydrogens is 496 g/mol. The van der Waals surface area contributed by atoms with Crippen molar-refractivity contribution in [1.29, 1.82) is 0 Å². The maximum Gasteiger partial charge on any atom is 0.135 e. The van der Waals surface area contributed by atoms with Gasteiger partial charge in [0.25, 0.3) is 0 Å². The highest BCUT2D eigenvalue weighted by atomic mass is 16.5. The van der Waals surface area contributed by atoms with Gasteiger partial charge in [-0.2, -0.15) is 0 Å². The third kappa shape index (κ3) is 3.30. The van der Waals surface area contributed by atoms with Crippen molar-refractivity contribution in [2.75, 3.05) is 0 Å². The molecule has 0 unspecified atom stereocenters. The van der Waals surface area contributed by atoms with Crippen LogP contribution in [0.3, 0.4) is 0 Å². The first kappa shape index (κ1) is 20.5. The first-order valence-corrected chi connectivity index (χ1v) is 13.9.